The molecule has 0 aromatic carbocycles. The minimum atomic E-state index is -4.60. The second-order valence-corrected chi connectivity index (χ2v) is 6.99. The summed E-state index contributed by atoms with van der Waals surface area (Å²) in [5.74, 6) is -0.311. The second-order valence-electron chi connectivity index (χ2n) is 6.99. The summed E-state index contributed by atoms with van der Waals surface area (Å²) in [6.45, 7) is 2.54. The van der Waals surface area contributed by atoms with Crippen LogP contribution in [0, 0.1) is 18.8 Å². The first-order chi connectivity index (χ1) is 12.8. The Kier molecular flexibility index (Phi) is 4.34. The molecule has 1 saturated carbocycles. The van der Waals surface area contributed by atoms with Crippen LogP contribution >= 0.6 is 0 Å². The Hall–Kier alpha value is -2.20. The van der Waals surface area contributed by atoms with Crippen molar-refractivity contribution in [1.29, 1.82) is 0 Å². The van der Waals surface area contributed by atoms with E-state index in [-0.39, 0.29) is 41.0 Å². The lowest BCUT2D eigenvalue weighted by atomic mass is 9.67. The van der Waals surface area contributed by atoms with Gasteiger partial charge in [0.1, 0.15) is 5.69 Å². The van der Waals surface area contributed by atoms with E-state index >= 15 is 0 Å². The fourth-order valence-electron chi connectivity index (χ4n) is 4.07. The lowest BCUT2D eigenvalue weighted by Gasteiger charge is -2.47. The van der Waals surface area contributed by atoms with E-state index < -0.39 is 17.8 Å². The van der Waals surface area contributed by atoms with Crippen LogP contribution in [0.1, 0.15) is 28.3 Å². The van der Waals surface area contributed by atoms with Crippen LogP contribution in [-0.2, 0) is 15.7 Å². The lowest BCUT2D eigenvalue weighted by molar-refractivity contribution is -0.142. The molecule has 10 heteroatoms. The van der Waals surface area contributed by atoms with E-state index in [9.17, 15) is 18.0 Å². The van der Waals surface area contributed by atoms with Crippen LogP contribution in [0.4, 0.5) is 13.2 Å². The average Bonchev–Trinajstić information content (AvgIpc) is 3.20. The van der Waals surface area contributed by atoms with Gasteiger partial charge in [0.15, 0.2) is 11.3 Å². The molecule has 1 amide bonds. The fourth-order valence-corrected chi connectivity index (χ4v) is 4.07. The number of alkyl halides is 3. The minimum absolute atomic E-state index is 0.0170. The molecule has 1 saturated heterocycles. The number of aryl methyl sites for hydroxylation is 1. The summed E-state index contributed by atoms with van der Waals surface area (Å²) in [5, 5.41) is 6.74. The highest BCUT2D eigenvalue weighted by molar-refractivity contribution is 5.93. The van der Waals surface area contributed by atoms with Crippen molar-refractivity contribution in [3.63, 3.8) is 0 Å². The molecule has 0 unspecified atom stereocenters. The third-order valence-electron chi connectivity index (χ3n) is 5.26. The van der Waals surface area contributed by atoms with Crippen molar-refractivity contribution in [3.05, 3.63) is 29.2 Å². The normalized spacial score (nSPS) is 27.4. The zero-order valence-electron chi connectivity index (χ0n) is 14.8. The molecule has 27 heavy (non-hydrogen) atoms. The zero-order chi connectivity index (χ0) is 19.3. The van der Waals surface area contributed by atoms with Crippen molar-refractivity contribution in [1.82, 2.24) is 19.9 Å². The van der Waals surface area contributed by atoms with E-state index in [0.717, 1.165) is 12.5 Å². The number of carbonyl (C=O) groups excluding carboxylic acids is 1. The predicted molar refractivity (Wildman–Crippen MR) is 87.2 cm³/mol. The number of ether oxygens (including phenoxy) is 2. The molecule has 1 aliphatic carbocycles. The predicted octanol–water partition coefficient (Wildman–Crippen LogP) is 1.84. The van der Waals surface area contributed by atoms with E-state index in [1.54, 1.807) is 7.11 Å². The lowest BCUT2D eigenvalue weighted by Crippen LogP contribution is -2.62. The Morgan fingerprint density at radius 3 is 2.93 bits per heavy atom. The quantitative estimate of drug-likeness (QED) is 0.870. The summed E-state index contributed by atoms with van der Waals surface area (Å²) in [6, 6.07) is 2.03. The summed E-state index contributed by atoms with van der Waals surface area (Å²) in [7, 11) is 1.58. The van der Waals surface area contributed by atoms with Crippen molar-refractivity contribution >= 4 is 11.6 Å². The van der Waals surface area contributed by atoms with Crippen molar-refractivity contribution in [2.75, 3.05) is 20.3 Å². The van der Waals surface area contributed by atoms with E-state index in [4.69, 9.17) is 9.47 Å². The van der Waals surface area contributed by atoms with Gasteiger partial charge >= 0.3 is 6.18 Å². The van der Waals surface area contributed by atoms with Crippen molar-refractivity contribution in [3.8, 4) is 0 Å². The molecular weight excluding hydrogens is 365 g/mol. The SMILES string of the molecule is COC[C@@H]1[C@H](NC(=O)c2cc3nc(C)cc(C(F)(F)F)n3n2)[C@@H]2CCO[C@H]12. The van der Waals surface area contributed by atoms with Crippen LogP contribution in [0.3, 0.4) is 0 Å². The van der Waals surface area contributed by atoms with Gasteiger partial charge in [-0.05, 0) is 19.4 Å². The average molecular weight is 384 g/mol. The van der Waals surface area contributed by atoms with Crippen LogP contribution in [0.15, 0.2) is 12.1 Å². The molecule has 1 aliphatic heterocycles. The van der Waals surface area contributed by atoms with Gasteiger partial charge in [0.25, 0.3) is 5.91 Å². The number of fused-ring (bicyclic) bond motifs is 2. The molecule has 1 N–H and O–H groups in total. The molecule has 3 heterocycles. The van der Waals surface area contributed by atoms with Crippen molar-refractivity contribution in [2.24, 2.45) is 11.8 Å². The zero-order valence-corrected chi connectivity index (χ0v) is 14.8. The van der Waals surface area contributed by atoms with Crippen LogP contribution in [0.25, 0.3) is 5.65 Å². The Morgan fingerprint density at radius 2 is 2.22 bits per heavy atom. The third-order valence-corrected chi connectivity index (χ3v) is 5.26. The highest BCUT2D eigenvalue weighted by Crippen LogP contribution is 2.43. The first-order valence-electron chi connectivity index (χ1n) is 8.65. The summed E-state index contributed by atoms with van der Waals surface area (Å²) >= 11 is 0. The molecule has 7 nitrogen and oxygen atoms in total. The molecule has 0 bridgehead atoms. The topological polar surface area (TPSA) is 77.8 Å². The van der Waals surface area contributed by atoms with Crippen LogP contribution in [0.5, 0.6) is 0 Å². The highest BCUT2D eigenvalue weighted by Gasteiger charge is 2.54. The summed E-state index contributed by atoms with van der Waals surface area (Å²) in [6.07, 6.45) is -3.71. The number of amides is 1. The maximum atomic E-state index is 13.2. The molecule has 2 aliphatic rings. The summed E-state index contributed by atoms with van der Waals surface area (Å²) in [4.78, 5) is 16.7. The molecule has 0 spiro atoms. The maximum Gasteiger partial charge on any atom is 0.433 e. The first kappa shape index (κ1) is 18.2. The second kappa shape index (κ2) is 6.45. The van der Waals surface area contributed by atoms with E-state index in [1.165, 1.54) is 13.0 Å². The fraction of sp³-hybridized carbons (Fsp3) is 0.588. The molecule has 2 aromatic heterocycles. The molecule has 4 atom stereocenters. The molecule has 0 radical (unpaired) electrons. The number of aromatic nitrogens is 3. The number of nitrogens with one attached hydrogen (secondary N) is 1. The number of methoxy groups -OCH3 is 1. The van der Waals surface area contributed by atoms with Crippen LogP contribution in [0.2, 0.25) is 0 Å². The van der Waals surface area contributed by atoms with E-state index in [2.05, 4.69) is 15.4 Å². The first-order valence-corrected chi connectivity index (χ1v) is 8.65. The molecule has 2 aromatic rings. The third kappa shape index (κ3) is 3.06. The Bertz CT molecular complexity index is 882. The van der Waals surface area contributed by atoms with Crippen LogP contribution in [-0.4, -0.2) is 53.0 Å². The van der Waals surface area contributed by atoms with E-state index in [0.29, 0.717) is 17.7 Å². The van der Waals surface area contributed by atoms with Gasteiger partial charge in [-0.2, -0.15) is 18.3 Å². The van der Waals surface area contributed by atoms with Crippen LogP contribution < -0.4 is 5.32 Å². The number of carbonyl (C=O) groups is 1. The minimum Gasteiger partial charge on any atom is -0.384 e. The smallest absolute Gasteiger partial charge is 0.384 e. The highest BCUT2D eigenvalue weighted by atomic mass is 19.4. The van der Waals surface area contributed by atoms with Gasteiger partial charge in [0.05, 0.1) is 12.7 Å². The summed E-state index contributed by atoms with van der Waals surface area (Å²) < 4.78 is 51.3. The van der Waals surface area contributed by atoms with E-state index in [1.807, 2.05) is 0 Å². The van der Waals surface area contributed by atoms with Gasteiger partial charge in [-0.1, -0.05) is 0 Å². The number of hydrogen-bond acceptors (Lipinski definition) is 5. The number of hydrogen-bond donors (Lipinski definition) is 1. The van der Waals surface area contributed by atoms with Crippen molar-refractivity contribution in [2.45, 2.75) is 31.7 Å². The van der Waals surface area contributed by atoms with Gasteiger partial charge in [0.2, 0.25) is 0 Å². The van der Waals surface area contributed by atoms with Crippen molar-refractivity contribution < 1.29 is 27.4 Å². The number of nitrogens with zero attached hydrogens (tertiary/aromatic N) is 3. The monoisotopic (exact) mass is 384 g/mol. The molecule has 2 fully saturated rings. The van der Waals surface area contributed by atoms with Gasteiger partial charge in [-0.3, -0.25) is 4.79 Å². The van der Waals surface area contributed by atoms with Gasteiger partial charge in [-0.25, -0.2) is 9.50 Å². The number of rotatable bonds is 4. The largest absolute Gasteiger partial charge is 0.433 e. The Labute approximate surface area is 152 Å². The Balaban J connectivity index is 1.60. The number of halogens is 3. The maximum absolute atomic E-state index is 13.2. The Morgan fingerprint density at radius 1 is 1.44 bits per heavy atom. The molecule has 4 rings (SSSR count). The van der Waals surface area contributed by atoms with Gasteiger partial charge in [0, 0.05) is 43.4 Å². The molecule has 146 valence electrons. The van der Waals surface area contributed by atoms with Gasteiger partial charge in [-0.15, -0.1) is 0 Å². The van der Waals surface area contributed by atoms with Gasteiger partial charge < -0.3 is 14.8 Å². The molecular formula is C17H19F3N4O3. The summed E-state index contributed by atoms with van der Waals surface area (Å²) in [5.41, 5.74) is -0.880. The standard InChI is InChI=1S/C17H19F3N4O3/c1-8-5-12(17(18,19)20)24-13(21-8)6-11(23-24)16(25)22-14-9-3-4-27-15(9)10(14)7-26-2/h5-6,9-10,14-15H,3-4,7H2,1-2H3,(H,22,25)/t9-,10+,14+,15-/m0/s1.